The van der Waals surface area contributed by atoms with Crippen LogP contribution in [0.5, 0.6) is 0 Å². The van der Waals surface area contributed by atoms with E-state index in [1.54, 1.807) is 42.5 Å². The molecule has 4 nitrogen and oxygen atoms in total. The summed E-state index contributed by atoms with van der Waals surface area (Å²) >= 11 is 9.46. The summed E-state index contributed by atoms with van der Waals surface area (Å²) in [4.78, 5) is 25.8. The highest BCUT2D eigenvalue weighted by molar-refractivity contribution is 9.10. The molecular weight excluding hydrogens is 454 g/mol. The summed E-state index contributed by atoms with van der Waals surface area (Å²) in [7, 11) is 0. The number of aryl methyl sites for hydroxylation is 2. The first-order valence-corrected chi connectivity index (χ1v) is 10.1. The standard InChI is InChI=1S/C23H19BrClNO3/c1-14-8-9-15(2)20(12-14)26-22(27)21(16-6-4-3-5-7-16)29-23(28)18-13-17(24)10-11-19(18)25/h3-13,21H,1-2H3,(H,26,27)/t21-/m0/s1. The van der Waals surface area contributed by atoms with E-state index in [9.17, 15) is 9.59 Å². The second kappa shape index (κ2) is 9.25. The molecule has 6 heteroatoms. The van der Waals surface area contributed by atoms with E-state index in [0.717, 1.165) is 11.1 Å². The largest absolute Gasteiger partial charge is 0.444 e. The first-order chi connectivity index (χ1) is 13.8. The first kappa shape index (κ1) is 21.1. The Labute approximate surface area is 183 Å². The summed E-state index contributed by atoms with van der Waals surface area (Å²) in [5, 5.41) is 3.12. The summed E-state index contributed by atoms with van der Waals surface area (Å²) < 4.78 is 6.29. The average Bonchev–Trinajstić information content (AvgIpc) is 2.71. The van der Waals surface area contributed by atoms with Gasteiger partial charge in [-0.05, 0) is 49.2 Å². The van der Waals surface area contributed by atoms with Crippen LogP contribution in [0.15, 0.2) is 71.2 Å². The van der Waals surface area contributed by atoms with Crippen LogP contribution >= 0.6 is 27.5 Å². The van der Waals surface area contributed by atoms with Gasteiger partial charge in [-0.15, -0.1) is 0 Å². The molecule has 29 heavy (non-hydrogen) atoms. The third-order valence-electron chi connectivity index (χ3n) is 4.36. The molecule has 0 bridgehead atoms. The third kappa shape index (κ3) is 5.25. The molecule has 0 aliphatic rings. The van der Waals surface area contributed by atoms with Gasteiger partial charge in [0.2, 0.25) is 6.10 Å². The topological polar surface area (TPSA) is 55.4 Å². The van der Waals surface area contributed by atoms with E-state index in [2.05, 4.69) is 21.2 Å². The molecule has 1 amide bonds. The van der Waals surface area contributed by atoms with Crippen molar-refractivity contribution in [3.05, 3.63) is 98.5 Å². The van der Waals surface area contributed by atoms with Crippen molar-refractivity contribution in [2.45, 2.75) is 20.0 Å². The number of nitrogens with one attached hydrogen (secondary N) is 1. The number of benzene rings is 3. The molecule has 1 N–H and O–H groups in total. The molecule has 0 aliphatic carbocycles. The molecule has 0 aliphatic heterocycles. The Morgan fingerprint density at radius 1 is 1.00 bits per heavy atom. The predicted molar refractivity (Wildman–Crippen MR) is 118 cm³/mol. The van der Waals surface area contributed by atoms with E-state index in [0.29, 0.717) is 15.7 Å². The normalized spacial score (nSPS) is 11.6. The maximum Gasteiger partial charge on any atom is 0.340 e. The van der Waals surface area contributed by atoms with Crippen molar-refractivity contribution in [3.63, 3.8) is 0 Å². The molecule has 3 aromatic carbocycles. The van der Waals surface area contributed by atoms with Gasteiger partial charge in [-0.3, -0.25) is 4.79 Å². The van der Waals surface area contributed by atoms with Gasteiger partial charge in [0.1, 0.15) is 0 Å². The van der Waals surface area contributed by atoms with Gasteiger partial charge >= 0.3 is 5.97 Å². The second-order valence-corrected chi connectivity index (χ2v) is 7.95. The zero-order valence-electron chi connectivity index (χ0n) is 15.9. The minimum absolute atomic E-state index is 0.182. The number of ether oxygens (including phenoxy) is 1. The van der Waals surface area contributed by atoms with Crippen molar-refractivity contribution in [3.8, 4) is 0 Å². The number of carbonyl (C=O) groups is 2. The van der Waals surface area contributed by atoms with Crippen LogP contribution in [-0.4, -0.2) is 11.9 Å². The van der Waals surface area contributed by atoms with Gasteiger partial charge in [-0.25, -0.2) is 4.79 Å². The van der Waals surface area contributed by atoms with Crippen LogP contribution < -0.4 is 5.32 Å². The lowest BCUT2D eigenvalue weighted by Gasteiger charge is -2.19. The minimum atomic E-state index is -1.13. The number of carbonyl (C=O) groups excluding carboxylic acids is 2. The number of amides is 1. The van der Waals surface area contributed by atoms with Crippen LogP contribution in [0, 0.1) is 13.8 Å². The van der Waals surface area contributed by atoms with E-state index in [1.807, 2.05) is 38.1 Å². The van der Waals surface area contributed by atoms with E-state index in [-0.39, 0.29) is 10.6 Å². The van der Waals surface area contributed by atoms with Crippen LogP contribution in [0.1, 0.15) is 33.2 Å². The van der Waals surface area contributed by atoms with Crippen LogP contribution in [0.4, 0.5) is 5.69 Å². The maximum atomic E-state index is 13.1. The predicted octanol–water partition coefficient (Wildman–Crippen LogP) is 6.26. The molecule has 0 spiro atoms. The quantitative estimate of drug-likeness (QED) is 0.446. The van der Waals surface area contributed by atoms with E-state index in [1.165, 1.54) is 0 Å². The van der Waals surface area contributed by atoms with Crippen LogP contribution in [0.25, 0.3) is 0 Å². The van der Waals surface area contributed by atoms with Crippen molar-refractivity contribution < 1.29 is 14.3 Å². The molecule has 0 radical (unpaired) electrons. The fourth-order valence-electron chi connectivity index (χ4n) is 2.79. The highest BCUT2D eigenvalue weighted by atomic mass is 79.9. The van der Waals surface area contributed by atoms with Gasteiger partial charge < -0.3 is 10.1 Å². The molecule has 148 valence electrons. The second-order valence-electron chi connectivity index (χ2n) is 6.63. The minimum Gasteiger partial charge on any atom is -0.444 e. The molecular formula is C23H19BrClNO3. The van der Waals surface area contributed by atoms with Gasteiger partial charge in [-0.1, -0.05) is 70.0 Å². The Hall–Kier alpha value is -2.63. The number of esters is 1. The Kier molecular flexibility index (Phi) is 6.72. The molecule has 0 saturated carbocycles. The Morgan fingerprint density at radius 2 is 1.72 bits per heavy atom. The molecule has 3 aromatic rings. The molecule has 0 heterocycles. The fourth-order valence-corrected chi connectivity index (χ4v) is 3.35. The van der Waals surface area contributed by atoms with Gasteiger partial charge in [0.05, 0.1) is 10.6 Å². The molecule has 1 atom stereocenters. The van der Waals surface area contributed by atoms with E-state index in [4.69, 9.17) is 16.3 Å². The maximum absolute atomic E-state index is 13.1. The number of rotatable bonds is 5. The van der Waals surface area contributed by atoms with Crippen LogP contribution in [0.2, 0.25) is 5.02 Å². The zero-order valence-corrected chi connectivity index (χ0v) is 18.3. The highest BCUT2D eigenvalue weighted by Crippen LogP contribution is 2.27. The first-order valence-electron chi connectivity index (χ1n) is 8.94. The lowest BCUT2D eigenvalue weighted by molar-refractivity contribution is -0.125. The number of hydrogen-bond donors (Lipinski definition) is 1. The lowest BCUT2D eigenvalue weighted by atomic mass is 10.1. The Morgan fingerprint density at radius 3 is 2.45 bits per heavy atom. The average molecular weight is 473 g/mol. The molecule has 0 saturated heterocycles. The molecule has 0 fully saturated rings. The summed E-state index contributed by atoms with van der Waals surface area (Å²) in [6.45, 7) is 3.85. The zero-order chi connectivity index (χ0) is 21.0. The van der Waals surface area contributed by atoms with Crippen molar-refractivity contribution in [2.75, 3.05) is 5.32 Å². The van der Waals surface area contributed by atoms with Crippen LogP contribution in [0.3, 0.4) is 0 Å². The van der Waals surface area contributed by atoms with Gasteiger partial charge in [-0.2, -0.15) is 0 Å². The monoisotopic (exact) mass is 471 g/mol. The highest BCUT2D eigenvalue weighted by Gasteiger charge is 2.27. The SMILES string of the molecule is Cc1ccc(C)c(NC(=O)[C@@H](OC(=O)c2cc(Br)ccc2Cl)c2ccccc2)c1. The third-order valence-corrected chi connectivity index (χ3v) is 5.19. The van der Waals surface area contributed by atoms with Crippen LogP contribution in [-0.2, 0) is 9.53 Å². The van der Waals surface area contributed by atoms with Crippen molar-refractivity contribution in [1.82, 2.24) is 0 Å². The fraction of sp³-hybridized carbons (Fsp3) is 0.130. The summed E-state index contributed by atoms with van der Waals surface area (Å²) in [5.74, 6) is -1.12. The van der Waals surface area contributed by atoms with E-state index < -0.39 is 18.0 Å². The summed E-state index contributed by atoms with van der Waals surface area (Å²) in [6.07, 6.45) is -1.13. The Balaban J connectivity index is 1.91. The number of anilines is 1. The smallest absolute Gasteiger partial charge is 0.340 e. The van der Waals surface area contributed by atoms with E-state index >= 15 is 0 Å². The molecule has 0 aromatic heterocycles. The Bertz CT molecular complexity index is 1050. The summed E-state index contributed by atoms with van der Waals surface area (Å²) in [5.41, 5.74) is 3.35. The molecule has 0 unspecified atom stereocenters. The van der Waals surface area contributed by atoms with Gasteiger partial charge in [0, 0.05) is 15.7 Å². The summed E-state index contributed by atoms with van der Waals surface area (Å²) in [6, 6.07) is 19.5. The van der Waals surface area contributed by atoms with Crippen molar-refractivity contribution >= 4 is 45.1 Å². The van der Waals surface area contributed by atoms with Crippen molar-refractivity contribution in [2.24, 2.45) is 0 Å². The van der Waals surface area contributed by atoms with Crippen molar-refractivity contribution in [1.29, 1.82) is 0 Å². The molecule has 3 rings (SSSR count). The van der Waals surface area contributed by atoms with Gasteiger partial charge in [0.25, 0.3) is 5.91 Å². The number of hydrogen-bond acceptors (Lipinski definition) is 3. The van der Waals surface area contributed by atoms with Gasteiger partial charge in [0.15, 0.2) is 0 Å². The lowest BCUT2D eigenvalue weighted by Crippen LogP contribution is -2.26. The number of halogens is 2.